The number of rotatable bonds is 7. The summed E-state index contributed by atoms with van der Waals surface area (Å²) in [5.41, 5.74) is 2.68. The van der Waals surface area contributed by atoms with Gasteiger partial charge in [0.15, 0.2) is 0 Å². The van der Waals surface area contributed by atoms with E-state index in [9.17, 15) is 0 Å². The fourth-order valence-corrected chi connectivity index (χ4v) is 3.18. The summed E-state index contributed by atoms with van der Waals surface area (Å²) in [6.45, 7) is 6.80. The number of nitrogens with one attached hydrogen (secondary N) is 1. The van der Waals surface area contributed by atoms with Gasteiger partial charge in [0.2, 0.25) is 0 Å². The molecule has 1 saturated heterocycles. The molecule has 1 aromatic carbocycles. The molecule has 1 fully saturated rings. The van der Waals surface area contributed by atoms with Gasteiger partial charge < -0.3 is 15.3 Å². The molecule has 1 heterocycles. The lowest BCUT2D eigenvalue weighted by Crippen LogP contribution is -2.29. The topological polar surface area (TPSA) is 35.5 Å². The third kappa shape index (κ3) is 3.74. The van der Waals surface area contributed by atoms with Crippen molar-refractivity contribution in [3.05, 3.63) is 29.8 Å². The summed E-state index contributed by atoms with van der Waals surface area (Å²) in [4.78, 5) is 2.51. The zero-order valence-corrected chi connectivity index (χ0v) is 12.8. The fourth-order valence-electron chi connectivity index (χ4n) is 3.18. The molecule has 3 heteroatoms. The summed E-state index contributed by atoms with van der Waals surface area (Å²) in [6, 6.07) is 10.0. The second-order valence-electron chi connectivity index (χ2n) is 5.73. The molecule has 2 atom stereocenters. The van der Waals surface area contributed by atoms with Gasteiger partial charge in [0.25, 0.3) is 0 Å². The van der Waals surface area contributed by atoms with Crippen molar-refractivity contribution >= 4 is 5.69 Å². The summed E-state index contributed by atoms with van der Waals surface area (Å²) < 4.78 is 0. The van der Waals surface area contributed by atoms with Gasteiger partial charge in [-0.25, -0.2) is 0 Å². The Morgan fingerprint density at radius 2 is 2.10 bits per heavy atom. The molecule has 0 saturated carbocycles. The average molecular weight is 276 g/mol. The largest absolute Gasteiger partial charge is 0.396 e. The van der Waals surface area contributed by atoms with Gasteiger partial charge in [0.05, 0.1) is 0 Å². The number of aliphatic hydroxyl groups excluding tert-OH is 1. The number of hydrogen-bond acceptors (Lipinski definition) is 3. The highest BCUT2D eigenvalue weighted by Crippen LogP contribution is 2.29. The predicted octanol–water partition coefficient (Wildman–Crippen LogP) is 3.10. The molecule has 0 amide bonds. The van der Waals surface area contributed by atoms with Gasteiger partial charge in [-0.1, -0.05) is 19.1 Å². The van der Waals surface area contributed by atoms with Gasteiger partial charge in [0.1, 0.15) is 0 Å². The van der Waals surface area contributed by atoms with Crippen molar-refractivity contribution in [3.8, 4) is 0 Å². The standard InChI is InChI=1S/C17H28N2O/c1-3-18-14(2)15-8-10-17(11-9-15)19-12-4-6-16(19)7-5-13-20/h8-11,14,16,18,20H,3-7,12-13H2,1-2H3. The lowest BCUT2D eigenvalue weighted by molar-refractivity contribution is 0.279. The van der Waals surface area contributed by atoms with Crippen molar-refractivity contribution in [2.24, 2.45) is 0 Å². The molecule has 2 rings (SSSR count). The number of hydrogen-bond donors (Lipinski definition) is 2. The molecule has 0 aromatic heterocycles. The third-order valence-corrected chi connectivity index (χ3v) is 4.31. The predicted molar refractivity (Wildman–Crippen MR) is 85.2 cm³/mol. The van der Waals surface area contributed by atoms with Crippen LogP contribution in [0.15, 0.2) is 24.3 Å². The SMILES string of the molecule is CCNC(C)c1ccc(N2CCCC2CCCO)cc1. The van der Waals surface area contributed by atoms with Gasteiger partial charge in [-0.3, -0.25) is 0 Å². The minimum absolute atomic E-state index is 0.309. The second-order valence-corrected chi connectivity index (χ2v) is 5.73. The molecule has 0 radical (unpaired) electrons. The highest BCUT2D eigenvalue weighted by Gasteiger charge is 2.24. The van der Waals surface area contributed by atoms with E-state index >= 15 is 0 Å². The molecule has 1 aliphatic heterocycles. The van der Waals surface area contributed by atoms with E-state index in [0.717, 1.165) is 25.9 Å². The van der Waals surface area contributed by atoms with Crippen molar-refractivity contribution in [2.45, 2.75) is 51.6 Å². The maximum absolute atomic E-state index is 9.01. The Morgan fingerprint density at radius 1 is 1.35 bits per heavy atom. The first kappa shape index (κ1) is 15.3. The lowest BCUT2D eigenvalue weighted by atomic mass is 10.1. The van der Waals surface area contributed by atoms with Crippen LogP contribution in [0.1, 0.15) is 51.1 Å². The molecule has 2 N–H and O–H groups in total. The minimum atomic E-state index is 0.309. The molecular weight excluding hydrogens is 248 g/mol. The quantitative estimate of drug-likeness (QED) is 0.803. The summed E-state index contributed by atoms with van der Waals surface area (Å²) in [6.07, 6.45) is 4.55. The molecule has 1 aromatic rings. The zero-order chi connectivity index (χ0) is 14.4. The van der Waals surface area contributed by atoms with Gasteiger partial charge in [0, 0.05) is 30.9 Å². The van der Waals surface area contributed by atoms with Crippen LogP contribution >= 0.6 is 0 Å². The normalized spacial score (nSPS) is 20.4. The van der Waals surface area contributed by atoms with Gasteiger partial charge in [-0.05, 0) is 56.8 Å². The molecule has 112 valence electrons. The number of nitrogens with zero attached hydrogens (tertiary/aromatic N) is 1. The van der Waals surface area contributed by atoms with E-state index in [1.54, 1.807) is 0 Å². The fraction of sp³-hybridized carbons (Fsp3) is 0.647. The highest BCUT2D eigenvalue weighted by atomic mass is 16.2. The first-order valence-electron chi connectivity index (χ1n) is 7.97. The molecule has 0 bridgehead atoms. The lowest BCUT2D eigenvalue weighted by Gasteiger charge is -2.27. The Balaban J connectivity index is 2.01. The van der Waals surface area contributed by atoms with Crippen LogP contribution in [0.3, 0.4) is 0 Å². The van der Waals surface area contributed by atoms with E-state index in [1.165, 1.54) is 24.1 Å². The maximum atomic E-state index is 9.01. The van der Waals surface area contributed by atoms with Gasteiger partial charge >= 0.3 is 0 Å². The van der Waals surface area contributed by atoms with E-state index in [2.05, 4.69) is 48.3 Å². The molecule has 2 unspecified atom stereocenters. The molecule has 20 heavy (non-hydrogen) atoms. The smallest absolute Gasteiger partial charge is 0.0431 e. The summed E-state index contributed by atoms with van der Waals surface area (Å²) in [5.74, 6) is 0. The molecule has 1 aliphatic rings. The Labute approximate surface area is 123 Å². The van der Waals surface area contributed by atoms with Gasteiger partial charge in [-0.15, -0.1) is 0 Å². The van der Waals surface area contributed by atoms with Crippen LogP contribution in [0, 0.1) is 0 Å². The van der Waals surface area contributed by atoms with Crippen LogP contribution in [0.25, 0.3) is 0 Å². The molecular formula is C17H28N2O. The van der Waals surface area contributed by atoms with Crippen molar-refractivity contribution in [3.63, 3.8) is 0 Å². The molecule has 0 spiro atoms. The highest BCUT2D eigenvalue weighted by molar-refractivity contribution is 5.49. The second kappa shape index (κ2) is 7.65. The van der Waals surface area contributed by atoms with Crippen molar-refractivity contribution in [1.29, 1.82) is 0 Å². The minimum Gasteiger partial charge on any atom is -0.396 e. The summed E-state index contributed by atoms with van der Waals surface area (Å²) in [5, 5.41) is 12.5. The Bertz CT molecular complexity index is 390. The van der Waals surface area contributed by atoms with Crippen LogP contribution < -0.4 is 10.2 Å². The van der Waals surface area contributed by atoms with Crippen LogP contribution in [0.2, 0.25) is 0 Å². The average Bonchev–Trinajstić information content (AvgIpc) is 2.94. The summed E-state index contributed by atoms with van der Waals surface area (Å²) in [7, 11) is 0. The Morgan fingerprint density at radius 3 is 2.75 bits per heavy atom. The van der Waals surface area contributed by atoms with Crippen LogP contribution in [-0.4, -0.2) is 30.8 Å². The monoisotopic (exact) mass is 276 g/mol. The van der Waals surface area contributed by atoms with Crippen LogP contribution in [-0.2, 0) is 0 Å². The van der Waals surface area contributed by atoms with Crippen molar-refractivity contribution < 1.29 is 5.11 Å². The van der Waals surface area contributed by atoms with Crippen molar-refractivity contribution in [2.75, 3.05) is 24.6 Å². The van der Waals surface area contributed by atoms with Crippen LogP contribution in [0.4, 0.5) is 5.69 Å². The number of anilines is 1. The van der Waals surface area contributed by atoms with E-state index in [0.29, 0.717) is 18.7 Å². The number of aliphatic hydroxyl groups is 1. The van der Waals surface area contributed by atoms with Crippen LogP contribution in [0.5, 0.6) is 0 Å². The third-order valence-electron chi connectivity index (χ3n) is 4.31. The maximum Gasteiger partial charge on any atom is 0.0431 e. The van der Waals surface area contributed by atoms with Crippen molar-refractivity contribution in [1.82, 2.24) is 5.32 Å². The van der Waals surface area contributed by atoms with E-state index in [4.69, 9.17) is 5.11 Å². The van der Waals surface area contributed by atoms with Gasteiger partial charge in [-0.2, -0.15) is 0 Å². The summed E-state index contributed by atoms with van der Waals surface area (Å²) >= 11 is 0. The first-order chi connectivity index (χ1) is 9.76. The first-order valence-corrected chi connectivity index (χ1v) is 7.97. The molecule has 3 nitrogen and oxygen atoms in total. The zero-order valence-electron chi connectivity index (χ0n) is 12.8. The van der Waals surface area contributed by atoms with E-state index < -0.39 is 0 Å². The van der Waals surface area contributed by atoms with E-state index in [-0.39, 0.29) is 0 Å². The molecule has 0 aliphatic carbocycles. The van der Waals surface area contributed by atoms with E-state index in [1.807, 2.05) is 0 Å². The number of benzene rings is 1. The Kier molecular flexibility index (Phi) is 5.86. The Hall–Kier alpha value is -1.06.